The molecule has 1 heterocycles. The van der Waals surface area contributed by atoms with Crippen LogP contribution in [0.4, 0.5) is 4.39 Å². The van der Waals surface area contributed by atoms with Crippen LogP contribution in [-0.2, 0) is 0 Å². The molecule has 4 nitrogen and oxygen atoms in total. The lowest BCUT2D eigenvalue weighted by molar-refractivity contribution is 0.0959. The van der Waals surface area contributed by atoms with Gasteiger partial charge < -0.3 is 10.3 Å². The van der Waals surface area contributed by atoms with Gasteiger partial charge in [0, 0.05) is 18.0 Å². The van der Waals surface area contributed by atoms with E-state index in [1.165, 1.54) is 19.2 Å². The number of aromatic nitrogens is 1. The second-order valence-corrected chi connectivity index (χ2v) is 5.40. The van der Waals surface area contributed by atoms with Gasteiger partial charge in [-0.2, -0.15) is 5.26 Å². The summed E-state index contributed by atoms with van der Waals surface area (Å²) in [7, 11) is 1.53. The van der Waals surface area contributed by atoms with Gasteiger partial charge in [-0.15, -0.1) is 0 Å². The van der Waals surface area contributed by atoms with Crippen molar-refractivity contribution in [3.8, 4) is 17.2 Å². The van der Waals surface area contributed by atoms with Crippen LogP contribution in [0.5, 0.6) is 0 Å². The highest BCUT2D eigenvalue weighted by Gasteiger charge is 2.14. The number of nitrogens with zero attached hydrogens (tertiary/aromatic N) is 1. The van der Waals surface area contributed by atoms with Gasteiger partial charge in [0.05, 0.1) is 22.2 Å². The standard InChI is InChI=1S/C17H11ClFN3O/c1-21-17(23)15-7-11-4-9(8-20)5-12(16(11)22-15)10-2-3-13(18)14(19)6-10/h2-7,22H,1H3,(H,21,23). The first-order valence-corrected chi connectivity index (χ1v) is 7.15. The summed E-state index contributed by atoms with van der Waals surface area (Å²) in [5.41, 5.74) is 2.65. The molecule has 0 saturated heterocycles. The summed E-state index contributed by atoms with van der Waals surface area (Å²) in [6.07, 6.45) is 0. The van der Waals surface area contributed by atoms with E-state index in [-0.39, 0.29) is 10.9 Å². The molecule has 2 N–H and O–H groups in total. The zero-order chi connectivity index (χ0) is 16.6. The highest BCUT2D eigenvalue weighted by atomic mass is 35.5. The number of aromatic amines is 1. The quantitative estimate of drug-likeness (QED) is 0.750. The Hall–Kier alpha value is -2.84. The van der Waals surface area contributed by atoms with Gasteiger partial charge in [0.2, 0.25) is 0 Å². The fourth-order valence-corrected chi connectivity index (χ4v) is 2.57. The predicted molar refractivity (Wildman–Crippen MR) is 86.8 cm³/mol. The molecule has 2 aromatic carbocycles. The van der Waals surface area contributed by atoms with Gasteiger partial charge in [0.15, 0.2) is 0 Å². The number of amides is 1. The van der Waals surface area contributed by atoms with Gasteiger partial charge in [0.1, 0.15) is 11.5 Å². The molecule has 1 aromatic heterocycles. The van der Waals surface area contributed by atoms with E-state index in [1.54, 1.807) is 24.3 Å². The van der Waals surface area contributed by atoms with Crippen molar-refractivity contribution in [2.24, 2.45) is 0 Å². The lowest BCUT2D eigenvalue weighted by Gasteiger charge is -2.06. The molecule has 0 atom stereocenters. The van der Waals surface area contributed by atoms with Crippen molar-refractivity contribution in [1.82, 2.24) is 10.3 Å². The highest BCUT2D eigenvalue weighted by Crippen LogP contribution is 2.32. The Labute approximate surface area is 136 Å². The Kier molecular flexibility index (Phi) is 3.77. The molecule has 0 unspecified atom stereocenters. The van der Waals surface area contributed by atoms with Gasteiger partial charge in [0.25, 0.3) is 5.91 Å². The minimum Gasteiger partial charge on any atom is -0.354 e. The number of halogens is 2. The molecule has 114 valence electrons. The fraction of sp³-hybridized carbons (Fsp3) is 0.0588. The van der Waals surface area contributed by atoms with E-state index in [2.05, 4.69) is 16.4 Å². The largest absolute Gasteiger partial charge is 0.354 e. The maximum Gasteiger partial charge on any atom is 0.267 e. The first-order valence-electron chi connectivity index (χ1n) is 6.78. The third-order valence-electron chi connectivity index (χ3n) is 3.56. The van der Waals surface area contributed by atoms with Crippen molar-refractivity contribution in [2.75, 3.05) is 7.05 Å². The summed E-state index contributed by atoms with van der Waals surface area (Å²) in [6, 6.07) is 11.5. The smallest absolute Gasteiger partial charge is 0.267 e. The molecule has 3 rings (SSSR count). The SMILES string of the molecule is CNC(=O)c1cc2cc(C#N)cc(-c3ccc(Cl)c(F)c3)c2[nH]1. The molecular formula is C17H11ClFN3O. The van der Waals surface area contributed by atoms with Crippen LogP contribution in [0.1, 0.15) is 16.1 Å². The Balaban J connectivity index is 2.29. The molecule has 0 aliphatic carbocycles. The lowest BCUT2D eigenvalue weighted by Crippen LogP contribution is -2.17. The molecule has 1 amide bonds. The van der Waals surface area contributed by atoms with Crippen LogP contribution in [0.3, 0.4) is 0 Å². The minimum atomic E-state index is -0.544. The second-order valence-electron chi connectivity index (χ2n) is 4.99. The maximum atomic E-state index is 13.8. The predicted octanol–water partition coefficient (Wildman–Crippen LogP) is 3.86. The van der Waals surface area contributed by atoms with E-state index in [4.69, 9.17) is 11.6 Å². The maximum absolute atomic E-state index is 13.8. The number of carbonyl (C=O) groups is 1. The van der Waals surface area contributed by atoms with Crippen LogP contribution in [0.15, 0.2) is 36.4 Å². The van der Waals surface area contributed by atoms with E-state index in [0.717, 1.165) is 0 Å². The van der Waals surface area contributed by atoms with E-state index >= 15 is 0 Å². The van der Waals surface area contributed by atoms with Crippen molar-refractivity contribution in [1.29, 1.82) is 5.26 Å². The number of fused-ring (bicyclic) bond motifs is 1. The lowest BCUT2D eigenvalue weighted by atomic mass is 10.0. The van der Waals surface area contributed by atoms with E-state index < -0.39 is 5.82 Å². The van der Waals surface area contributed by atoms with Gasteiger partial charge in [-0.25, -0.2) is 4.39 Å². The molecule has 0 bridgehead atoms. The van der Waals surface area contributed by atoms with Crippen molar-refractivity contribution in [2.45, 2.75) is 0 Å². The summed E-state index contributed by atoms with van der Waals surface area (Å²) in [5.74, 6) is -0.814. The molecule has 3 aromatic rings. The third-order valence-corrected chi connectivity index (χ3v) is 3.87. The van der Waals surface area contributed by atoms with E-state index in [0.29, 0.717) is 33.3 Å². The summed E-state index contributed by atoms with van der Waals surface area (Å²) in [6.45, 7) is 0. The van der Waals surface area contributed by atoms with Crippen LogP contribution in [0, 0.1) is 17.1 Å². The topological polar surface area (TPSA) is 68.7 Å². The number of nitrogens with one attached hydrogen (secondary N) is 2. The molecule has 0 radical (unpaired) electrons. The molecule has 6 heteroatoms. The summed E-state index contributed by atoms with van der Waals surface area (Å²) < 4.78 is 13.8. The van der Waals surface area contributed by atoms with Crippen molar-refractivity contribution in [3.63, 3.8) is 0 Å². The van der Waals surface area contributed by atoms with Crippen molar-refractivity contribution < 1.29 is 9.18 Å². The van der Waals surface area contributed by atoms with Crippen LogP contribution >= 0.6 is 11.6 Å². The van der Waals surface area contributed by atoms with Crippen LogP contribution < -0.4 is 5.32 Å². The van der Waals surface area contributed by atoms with Gasteiger partial charge >= 0.3 is 0 Å². The normalized spacial score (nSPS) is 10.5. The summed E-state index contributed by atoms with van der Waals surface area (Å²) >= 11 is 5.72. The van der Waals surface area contributed by atoms with Gasteiger partial charge in [-0.3, -0.25) is 4.79 Å². The fourth-order valence-electron chi connectivity index (χ4n) is 2.46. The third kappa shape index (κ3) is 2.65. The summed E-state index contributed by atoms with van der Waals surface area (Å²) in [5, 5.41) is 12.5. The molecule has 0 aliphatic heterocycles. The number of H-pyrrole nitrogens is 1. The van der Waals surface area contributed by atoms with Crippen molar-refractivity contribution >= 4 is 28.4 Å². The number of nitriles is 1. The summed E-state index contributed by atoms with van der Waals surface area (Å²) in [4.78, 5) is 14.8. The highest BCUT2D eigenvalue weighted by molar-refractivity contribution is 6.30. The van der Waals surface area contributed by atoms with E-state index in [1.807, 2.05) is 0 Å². The minimum absolute atomic E-state index is 0.0268. The first-order chi connectivity index (χ1) is 11.0. The Bertz CT molecular complexity index is 972. The van der Waals surface area contributed by atoms with Gasteiger partial charge in [-0.05, 0) is 35.9 Å². The molecule has 0 spiro atoms. The average molecular weight is 328 g/mol. The number of carbonyl (C=O) groups excluding carboxylic acids is 1. The van der Waals surface area contributed by atoms with Crippen LogP contribution in [0.2, 0.25) is 5.02 Å². The van der Waals surface area contributed by atoms with E-state index in [9.17, 15) is 14.4 Å². The number of rotatable bonds is 2. The Morgan fingerprint density at radius 3 is 2.74 bits per heavy atom. The average Bonchev–Trinajstić information content (AvgIpc) is 2.99. The van der Waals surface area contributed by atoms with Gasteiger partial charge in [-0.1, -0.05) is 17.7 Å². The zero-order valence-corrected chi connectivity index (χ0v) is 12.8. The van der Waals surface area contributed by atoms with Crippen LogP contribution in [-0.4, -0.2) is 17.9 Å². The molecule has 0 aliphatic rings. The Morgan fingerprint density at radius 2 is 2.09 bits per heavy atom. The molecule has 23 heavy (non-hydrogen) atoms. The number of hydrogen-bond donors (Lipinski definition) is 2. The number of benzene rings is 2. The molecular weight excluding hydrogens is 317 g/mol. The van der Waals surface area contributed by atoms with Crippen molar-refractivity contribution in [3.05, 3.63) is 58.5 Å². The monoisotopic (exact) mass is 327 g/mol. The van der Waals surface area contributed by atoms with Crippen LogP contribution in [0.25, 0.3) is 22.0 Å². The zero-order valence-electron chi connectivity index (χ0n) is 12.1. The number of hydrogen-bond acceptors (Lipinski definition) is 2. The second kappa shape index (κ2) is 5.75. The Morgan fingerprint density at radius 1 is 1.30 bits per heavy atom. The molecule has 0 fully saturated rings. The molecule has 0 saturated carbocycles. The first kappa shape index (κ1) is 15.1.